The zero-order valence-corrected chi connectivity index (χ0v) is 4.84. The summed E-state index contributed by atoms with van der Waals surface area (Å²) in [6.07, 6.45) is 0. The van der Waals surface area contributed by atoms with E-state index in [9.17, 15) is 9.70 Å². The van der Waals surface area contributed by atoms with Crippen molar-refractivity contribution in [1.82, 2.24) is 5.32 Å². The van der Waals surface area contributed by atoms with Crippen LogP contribution in [0.1, 0.15) is 6.92 Å². The van der Waals surface area contributed by atoms with Crippen LogP contribution < -0.4 is 5.32 Å². The van der Waals surface area contributed by atoms with E-state index in [0.717, 1.165) is 0 Å². The standard InChI is InChI=1S/C4H8N2O2/c1-3(5-2)4(7)6-8/h3,5H,1-2H3/t3-/m0/s1. The minimum absolute atomic E-state index is 0.451. The van der Waals surface area contributed by atoms with Gasteiger partial charge in [-0.05, 0) is 14.0 Å². The maximum absolute atomic E-state index is 10.2. The quantitative estimate of drug-likeness (QED) is 0.512. The predicted octanol–water partition coefficient (Wildman–Crippen LogP) is -0.113. The number of hydrogen-bond acceptors (Lipinski definition) is 3. The molecule has 4 nitrogen and oxygen atoms in total. The molecule has 0 saturated heterocycles. The van der Waals surface area contributed by atoms with Crippen LogP contribution in [0.2, 0.25) is 0 Å². The summed E-state index contributed by atoms with van der Waals surface area (Å²) in [6, 6.07) is -0.451. The van der Waals surface area contributed by atoms with E-state index in [1.54, 1.807) is 14.0 Å². The van der Waals surface area contributed by atoms with E-state index in [1.807, 2.05) is 0 Å². The highest BCUT2D eigenvalue weighted by Gasteiger charge is 2.08. The molecule has 0 fully saturated rings. The van der Waals surface area contributed by atoms with Crippen LogP contribution in [-0.4, -0.2) is 19.0 Å². The summed E-state index contributed by atoms with van der Waals surface area (Å²) in [5.74, 6) is -0.660. The van der Waals surface area contributed by atoms with Gasteiger partial charge in [-0.2, -0.15) is 0 Å². The Labute approximate surface area is 47.2 Å². The first kappa shape index (κ1) is 7.23. The average Bonchev–Trinajstić information content (AvgIpc) is 1.84. The third kappa shape index (κ3) is 1.79. The van der Waals surface area contributed by atoms with E-state index in [2.05, 4.69) is 10.5 Å². The van der Waals surface area contributed by atoms with Gasteiger partial charge in [0.1, 0.15) is 0 Å². The number of nitrogens with zero attached hydrogens (tertiary/aromatic N) is 1. The molecule has 0 aliphatic heterocycles. The lowest BCUT2D eigenvalue weighted by Crippen LogP contribution is -2.28. The van der Waals surface area contributed by atoms with Crippen LogP contribution in [0.3, 0.4) is 0 Å². The van der Waals surface area contributed by atoms with E-state index >= 15 is 0 Å². The average molecular weight is 116 g/mol. The SMILES string of the molecule is CN[C@@H](C)C(=O)N=O. The van der Waals surface area contributed by atoms with Crippen molar-refractivity contribution in [2.24, 2.45) is 5.18 Å². The molecule has 0 bridgehead atoms. The lowest BCUT2D eigenvalue weighted by atomic mass is 10.3. The van der Waals surface area contributed by atoms with Crippen molar-refractivity contribution in [3.8, 4) is 0 Å². The summed E-state index contributed by atoms with van der Waals surface area (Å²) in [6.45, 7) is 1.57. The van der Waals surface area contributed by atoms with Gasteiger partial charge in [0.15, 0.2) is 0 Å². The minimum atomic E-state index is -0.660. The molecule has 1 N–H and O–H groups in total. The van der Waals surface area contributed by atoms with E-state index in [-0.39, 0.29) is 0 Å². The Hall–Kier alpha value is -0.770. The molecule has 0 aromatic carbocycles. The fourth-order valence-corrected chi connectivity index (χ4v) is 0.203. The van der Waals surface area contributed by atoms with Gasteiger partial charge in [-0.15, -0.1) is 4.91 Å². The van der Waals surface area contributed by atoms with E-state index in [1.165, 1.54) is 0 Å². The minimum Gasteiger partial charge on any atom is -0.309 e. The zero-order chi connectivity index (χ0) is 6.57. The lowest BCUT2D eigenvalue weighted by Gasteiger charge is -1.98. The zero-order valence-electron chi connectivity index (χ0n) is 4.84. The lowest BCUT2D eigenvalue weighted by molar-refractivity contribution is -0.119. The number of rotatable bonds is 2. The summed E-state index contributed by atoms with van der Waals surface area (Å²) in [5, 5.41) is 4.78. The normalized spacial score (nSPS) is 12.8. The van der Waals surface area contributed by atoms with Gasteiger partial charge in [0.2, 0.25) is 0 Å². The van der Waals surface area contributed by atoms with Crippen LogP contribution in [0.25, 0.3) is 0 Å². The van der Waals surface area contributed by atoms with Gasteiger partial charge >= 0.3 is 5.91 Å². The number of carbonyl (C=O) groups is 1. The first-order valence-corrected chi connectivity index (χ1v) is 2.27. The van der Waals surface area contributed by atoms with Crippen LogP contribution in [-0.2, 0) is 4.79 Å². The molecule has 0 radical (unpaired) electrons. The second-order valence-corrected chi connectivity index (χ2v) is 1.44. The Balaban J connectivity index is 3.62. The second-order valence-electron chi connectivity index (χ2n) is 1.44. The Morgan fingerprint density at radius 2 is 2.25 bits per heavy atom. The second kappa shape index (κ2) is 3.26. The van der Waals surface area contributed by atoms with Crippen LogP contribution in [0, 0.1) is 4.91 Å². The number of nitroso groups, excluding NO2 is 1. The molecule has 0 rings (SSSR count). The first-order valence-electron chi connectivity index (χ1n) is 2.27. The third-order valence-corrected chi connectivity index (χ3v) is 0.893. The molecule has 1 amide bonds. The number of nitrogens with one attached hydrogen (secondary N) is 1. The molecule has 1 atom stereocenters. The van der Waals surface area contributed by atoms with Crippen LogP contribution in [0.5, 0.6) is 0 Å². The third-order valence-electron chi connectivity index (χ3n) is 0.893. The highest BCUT2D eigenvalue weighted by atomic mass is 16.3. The monoisotopic (exact) mass is 116 g/mol. The van der Waals surface area contributed by atoms with E-state index in [4.69, 9.17) is 0 Å². The fraction of sp³-hybridized carbons (Fsp3) is 0.750. The van der Waals surface area contributed by atoms with Gasteiger partial charge in [0.05, 0.1) is 6.04 Å². The Kier molecular flexibility index (Phi) is 2.95. The van der Waals surface area contributed by atoms with Gasteiger partial charge in [0, 0.05) is 5.18 Å². The van der Waals surface area contributed by atoms with Crippen LogP contribution in [0.15, 0.2) is 5.18 Å². The Morgan fingerprint density at radius 1 is 1.75 bits per heavy atom. The molecule has 0 unspecified atom stereocenters. The number of hydrogen-bond donors (Lipinski definition) is 1. The van der Waals surface area contributed by atoms with Gasteiger partial charge in [-0.1, -0.05) is 0 Å². The first-order chi connectivity index (χ1) is 3.72. The van der Waals surface area contributed by atoms with Crippen molar-refractivity contribution < 1.29 is 4.79 Å². The smallest absolute Gasteiger partial charge is 0.302 e. The van der Waals surface area contributed by atoms with Crippen LogP contribution >= 0.6 is 0 Å². The maximum Gasteiger partial charge on any atom is 0.302 e. The van der Waals surface area contributed by atoms with Crippen molar-refractivity contribution in [3.63, 3.8) is 0 Å². The van der Waals surface area contributed by atoms with Crippen molar-refractivity contribution in [3.05, 3.63) is 4.91 Å². The van der Waals surface area contributed by atoms with Crippen molar-refractivity contribution >= 4 is 5.91 Å². The van der Waals surface area contributed by atoms with Gasteiger partial charge < -0.3 is 5.32 Å². The summed E-state index contributed by atoms with van der Waals surface area (Å²) in [4.78, 5) is 19.7. The molecule has 0 spiro atoms. The predicted molar refractivity (Wildman–Crippen MR) is 29.3 cm³/mol. The fourth-order valence-electron chi connectivity index (χ4n) is 0.203. The van der Waals surface area contributed by atoms with Crippen molar-refractivity contribution in [1.29, 1.82) is 0 Å². The summed E-state index contributed by atoms with van der Waals surface area (Å²) in [7, 11) is 1.59. The molecule has 0 aliphatic carbocycles. The van der Waals surface area contributed by atoms with Gasteiger partial charge in [-0.3, -0.25) is 4.79 Å². The highest BCUT2D eigenvalue weighted by Crippen LogP contribution is 1.81. The molecule has 8 heavy (non-hydrogen) atoms. The van der Waals surface area contributed by atoms with Crippen LogP contribution in [0.4, 0.5) is 0 Å². The van der Waals surface area contributed by atoms with Gasteiger partial charge in [0.25, 0.3) is 0 Å². The summed E-state index contributed by atoms with van der Waals surface area (Å²) >= 11 is 0. The maximum atomic E-state index is 10.2. The molecular weight excluding hydrogens is 108 g/mol. The van der Waals surface area contributed by atoms with E-state index in [0.29, 0.717) is 0 Å². The van der Waals surface area contributed by atoms with E-state index < -0.39 is 11.9 Å². The van der Waals surface area contributed by atoms with Crippen molar-refractivity contribution in [2.75, 3.05) is 7.05 Å². The number of amides is 1. The Bertz CT molecular complexity index is 102. The molecular formula is C4H8N2O2. The topological polar surface area (TPSA) is 58.5 Å². The largest absolute Gasteiger partial charge is 0.309 e. The molecule has 0 aromatic heterocycles. The van der Waals surface area contributed by atoms with Crippen molar-refractivity contribution in [2.45, 2.75) is 13.0 Å². The molecule has 0 heterocycles. The molecule has 0 aromatic rings. The number of carbonyl (C=O) groups excluding carboxylic acids is 1. The van der Waals surface area contributed by atoms with Gasteiger partial charge in [-0.25, -0.2) is 0 Å². The molecule has 4 heteroatoms. The summed E-state index contributed by atoms with van der Waals surface area (Å²) < 4.78 is 0. The molecule has 0 saturated carbocycles. The Morgan fingerprint density at radius 3 is 2.38 bits per heavy atom. The summed E-state index contributed by atoms with van der Waals surface area (Å²) in [5.41, 5.74) is 0. The highest BCUT2D eigenvalue weighted by molar-refractivity contribution is 5.81. The molecule has 46 valence electrons. The molecule has 0 aliphatic rings. The number of likely N-dealkylation sites (N-methyl/N-ethyl adjacent to an activating group) is 1.